The Morgan fingerprint density at radius 3 is 2.35 bits per heavy atom. The maximum atomic E-state index is 8.15. The van der Waals surface area contributed by atoms with Crippen LogP contribution in [0.1, 0.15) is 17.5 Å². The van der Waals surface area contributed by atoms with Gasteiger partial charge in [0, 0.05) is 11.5 Å². The predicted octanol–water partition coefficient (Wildman–Crippen LogP) is 4.36. The van der Waals surface area contributed by atoms with Gasteiger partial charge in [-0.25, -0.2) is 0 Å². The van der Waals surface area contributed by atoms with E-state index in [9.17, 15) is 0 Å². The van der Waals surface area contributed by atoms with E-state index >= 15 is 0 Å². The summed E-state index contributed by atoms with van der Waals surface area (Å²) in [6.07, 6.45) is 1.66. The molecule has 20 heavy (non-hydrogen) atoms. The van der Waals surface area contributed by atoms with Crippen molar-refractivity contribution in [2.24, 2.45) is 5.11 Å². The summed E-state index contributed by atoms with van der Waals surface area (Å²) < 4.78 is 5.57. The van der Waals surface area contributed by atoms with Gasteiger partial charge in [0.2, 0.25) is 0 Å². The molecule has 102 valence electrons. The van der Waals surface area contributed by atoms with Crippen molar-refractivity contribution in [3.8, 4) is 5.75 Å². The lowest BCUT2D eigenvalue weighted by molar-refractivity contribution is 0.313. The zero-order valence-corrected chi connectivity index (χ0v) is 11.3. The van der Waals surface area contributed by atoms with Crippen molar-refractivity contribution >= 4 is 0 Å². The lowest BCUT2D eigenvalue weighted by Crippen LogP contribution is -1.99. The molecule has 0 atom stereocenters. The van der Waals surface area contributed by atoms with Gasteiger partial charge in [-0.2, -0.15) is 0 Å². The van der Waals surface area contributed by atoms with E-state index in [0.29, 0.717) is 13.2 Å². The van der Waals surface area contributed by atoms with Gasteiger partial charge >= 0.3 is 0 Å². The maximum Gasteiger partial charge on any atom is 0.119 e. The molecular weight excluding hydrogens is 250 g/mol. The van der Waals surface area contributed by atoms with Gasteiger partial charge in [-0.3, -0.25) is 0 Å². The second-order valence-electron chi connectivity index (χ2n) is 4.46. The van der Waals surface area contributed by atoms with Crippen LogP contribution < -0.4 is 4.74 Å². The van der Waals surface area contributed by atoms with Gasteiger partial charge in [0.25, 0.3) is 0 Å². The van der Waals surface area contributed by atoms with Gasteiger partial charge in [-0.1, -0.05) is 47.6 Å². The number of nitrogens with zero attached hydrogens (tertiary/aromatic N) is 3. The molecule has 0 aromatic heterocycles. The SMILES string of the molecule is [N-]=[N+]=NCCCOc1ccc(Cc2ccccc2)cc1. The molecule has 2 rings (SSSR count). The normalized spacial score (nSPS) is 9.80. The van der Waals surface area contributed by atoms with Crippen LogP contribution in [0, 0.1) is 0 Å². The number of hydrogen-bond acceptors (Lipinski definition) is 2. The van der Waals surface area contributed by atoms with Gasteiger partial charge in [-0.15, -0.1) is 0 Å². The molecular formula is C16H17N3O. The van der Waals surface area contributed by atoms with Crippen molar-refractivity contribution in [2.45, 2.75) is 12.8 Å². The fourth-order valence-corrected chi connectivity index (χ4v) is 1.91. The fourth-order valence-electron chi connectivity index (χ4n) is 1.91. The number of hydrogen-bond donors (Lipinski definition) is 0. The summed E-state index contributed by atoms with van der Waals surface area (Å²) in [4.78, 5) is 2.70. The number of azide groups is 1. The Morgan fingerprint density at radius 1 is 0.950 bits per heavy atom. The highest BCUT2D eigenvalue weighted by atomic mass is 16.5. The Bertz CT molecular complexity index is 560. The zero-order chi connectivity index (χ0) is 14.0. The fraction of sp³-hybridized carbons (Fsp3) is 0.250. The Morgan fingerprint density at radius 2 is 1.65 bits per heavy atom. The van der Waals surface area contributed by atoms with Crippen LogP contribution in [0.3, 0.4) is 0 Å². The first kappa shape index (κ1) is 14.0. The summed E-state index contributed by atoms with van der Waals surface area (Å²) in [6.45, 7) is 1.04. The topological polar surface area (TPSA) is 58.0 Å². The van der Waals surface area contributed by atoms with Crippen molar-refractivity contribution in [3.05, 3.63) is 76.2 Å². The van der Waals surface area contributed by atoms with Gasteiger partial charge < -0.3 is 4.74 Å². The smallest absolute Gasteiger partial charge is 0.119 e. The highest BCUT2D eigenvalue weighted by molar-refractivity contribution is 5.31. The number of rotatable bonds is 7. The maximum absolute atomic E-state index is 8.15. The van der Waals surface area contributed by atoms with Gasteiger partial charge in [0.05, 0.1) is 6.61 Å². The molecule has 0 spiro atoms. The minimum atomic E-state index is 0.475. The number of ether oxygens (including phenoxy) is 1. The van der Waals surface area contributed by atoms with Crippen LogP contribution in [-0.2, 0) is 6.42 Å². The van der Waals surface area contributed by atoms with Crippen LogP contribution in [-0.4, -0.2) is 13.2 Å². The van der Waals surface area contributed by atoms with Crippen molar-refractivity contribution in [1.29, 1.82) is 0 Å². The van der Waals surface area contributed by atoms with Crippen LogP contribution >= 0.6 is 0 Å². The van der Waals surface area contributed by atoms with Crippen LogP contribution in [0.15, 0.2) is 59.7 Å². The summed E-state index contributed by atoms with van der Waals surface area (Å²) in [5.41, 5.74) is 10.7. The quantitative estimate of drug-likeness (QED) is 0.318. The van der Waals surface area contributed by atoms with Crippen molar-refractivity contribution in [3.63, 3.8) is 0 Å². The Labute approximate surface area is 118 Å². The third kappa shape index (κ3) is 4.67. The Kier molecular flexibility index (Phi) is 5.50. The van der Waals surface area contributed by atoms with E-state index in [1.165, 1.54) is 11.1 Å². The van der Waals surface area contributed by atoms with Gasteiger partial charge in [0.1, 0.15) is 5.75 Å². The van der Waals surface area contributed by atoms with Crippen LogP contribution in [0.4, 0.5) is 0 Å². The highest BCUT2D eigenvalue weighted by Crippen LogP contribution is 2.15. The van der Waals surface area contributed by atoms with E-state index in [4.69, 9.17) is 10.3 Å². The molecule has 0 amide bonds. The first-order valence-electron chi connectivity index (χ1n) is 6.65. The molecule has 0 heterocycles. The van der Waals surface area contributed by atoms with E-state index in [0.717, 1.165) is 18.6 Å². The van der Waals surface area contributed by atoms with Crippen molar-refractivity contribution in [2.75, 3.05) is 13.2 Å². The van der Waals surface area contributed by atoms with Crippen molar-refractivity contribution in [1.82, 2.24) is 0 Å². The zero-order valence-electron chi connectivity index (χ0n) is 11.3. The minimum absolute atomic E-state index is 0.475. The van der Waals surface area contributed by atoms with Crippen LogP contribution in [0.5, 0.6) is 5.75 Å². The molecule has 0 N–H and O–H groups in total. The monoisotopic (exact) mass is 267 g/mol. The summed E-state index contributed by atoms with van der Waals surface area (Å²) in [5.74, 6) is 0.850. The first-order valence-corrected chi connectivity index (χ1v) is 6.65. The van der Waals surface area contributed by atoms with E-state index in [1.807, 2.05) is 18.2 Å². The van der Waals surface area contributed by atoms with E-state index < -0.39 is 0 Å². The second-order valence-corrected chi connectivity index (χ2v) is 4.46. The standard InChI is InChI=1S/C16H17N3O/c17-19-18-11-4-12-20-16-9-7-15(8-10-16)13-14-5-2-1-3-6-14/h1-3,5-10H,4,11-13H2. The molecule has 0 radical (unpaired) electrons. The summed E-state index contributed by atoms with van der Waals surface area (Å²) >= 11 is 0. The third-order valence-electron chi connectivity index (χ3n) is 2.91. The van der Waals surface area contributed by atoms with E-state index in [-0.39, 0.29) is 0 Å². The molecule has 0 unspecified atom stereocenters. The average molecular weight is 267 g/mol. The van der Waals surface area contributed by atoms with Crippen LogP contribution in [0.2, 0.25) is 0 Å². The number of benzene rings is 2. The second kappa shape index (κ2) is 7.87. The predicted molar refractivity (Wildman–Crippen MR) is 79.8 cm³/mol. The van der Waals surface area contributed by atoms with Crippen molar-refractivity contribution < 1.29 is 4.74 Å². The average Bonchev–Trinajstić information content (AvgIpc) is 2.50. The Balaban J connectivity index is 1.82. The summed E-state index contributed by atoms with van der Waals surface area (Å²) in [7, 11) is 0. The molecule has 2 aromatic rings. The lowest BCUT2D eigenvalue weighted by Gasteiger charge is -2.06. The lowest BCUT2D eigenvalue weighted by atomic mass is 10.1. The van der Waals surface area contributed by atoms with Gasteiger partial charge in [0.15, 0.2) is 0 Å². The molecule has 2 aromatic carbocycles. The molecule has 0 saturated carbocycles. The molecule has 0 aliphatic rings. The molecule has 4 heteroatoms. The largest absolute Gasteiger partial charge is 0.494 e. The molecule has 0 aliphatic heterocycles. The molecule has 4 nitrogen and oxygen atoms in total. The third-order valence-corrected chi connectivity index (χ3v) is 2.91. The molecule has 0 aliphatic carbocycles. The minimum Gasteiger partial charge on any atom is -0.494 e. The van der Waals surface area contributed by atoms with E-state index in [2.05, 4.69) is 46.4 Å². The highest BCUT2D eigenvalue weighted by Gasteiger charge is 1.97. The van der Waals surface area contributed by atoms with E-state index in [1.54, 1.807) is 0 Å². The molecule has 0 saturated heterocycles. The Hall–Kier alpha value is -2.45. The summed E-state index contributed by atoms with van der Waals surface area (Å²) in [5, 5.41) is 3.46. The van der Waals surface area contributed by atoms with Gasteiger partial charge in [-0.05, 0) is 41.6 Å². The summed E-state index contributed by atoms with van der Waals surface area (Å²) in [6, 6.07) is 18.5. The van der Waals surface area contributed by atoms with Crippen LogP contribution in [0.25, 0.3) is 10.4 Å². The molecule has 0 fully saturated rings. The molecule has 0 bridgehead atoms. The first-order chi connectivity index (χ1) is 9.88.